The van der Waals surface area contributed by atoms with E-state index in [9.17, 15) is 4.79 Å². The van der Waals surface area contributed by atoms with Crippen molar-refractivity contribution in [2.24, 2.45) is 0 Å². The lowest BCUT2D eigenvalue weighted by Gasteiger charge is -2.28. The van der Waals surface area contributed by atoms with Crippen molar-refractivity contribution in [3.05, 3.63) is 33.3 Å². The first-order valence-corrected chi connectivity index (χ1v) is 10.1. The van der Waals surface area contributed by atoms with E-state index in [1.807, 2.05) is 20.9 Å². The van der Waals surface area contributed by atoms with E-state index < -0.39 is 0 Å². The zero-order valence-corrected chi connectivity index (χ0v) is 16.0. The first-order valence-electron chi connectivity index (χ1n) is 9.23. The summed E-state index contributed by atoms with van der Waals surface area (Å²) in [5.74, 6) is 0.192. The van der Waals surface area contributed by atoms with Gasteiger partial charge in [-0.25, -0.2) is 4.68 Å². The summed E-state index contributed by atoms with van der Waals surface area (Å²) in [5.41, 5.74) is 3.50. The standard InChI is InChI=1S/C18H25N5O2S/c1-14-4-11-26-17(14)13-21-5-6-23-16(12-21)15(19-20-23)2-3-18(24)22-7-9-25-10-8-22/h4,11H,2-3,5-10,12-13H2,1H3. The second kappa shape index (κ2) is 7.85. The fraction of sp³-hybridized carbons (Fsp3) is 0.611. The van der Waals surface area contributed by atoms with Crippen molar-refractivity contribution < 1.29 is 9.53 Å². The third-order valence-corrected chi connectivity index (χ3v) is 6.20. The Labute approximate surface area is 157 Å². The molecule has 0 N–H and O–H groups in total. The van der Waals surface area contributed by atoms with Crippen molar-refractivity contribution in [2.75, 3.05) is 32.8 Å². The summed E-state index contributed by atoms with van der Waals surface area (Å²) in [6, 6.07) is 2.18. The Hall–Kier alpha value is -1.77. The fourth-order valence-corrected chi connectivity index (χ4v) is 4.49. The van der Waals surface area contributed by atoms with E-state index in [4.69, 9.17) is 4.74 Å². The molecule has 1 saturated heterocycles. The topological polar surface area (TPSA) is 63.5 Å². The molecule has 0 spiro atoms. The molecule has 4 heterocycles. The number of fused-ring (bicyclic) bond motifs is 1. The van der Waals surface area contributed by atoms with Gasteiger partial charge in [-0.1, -0.05) is 5.21 Å². The SMILES string of the molecule is Cc1ccsc1CN1CCn2nnc(CCC(=O)N3CCOCC3)c2C1. The highest BCUT2D eigenvalue weighted by molar-refractivity contribution is 7.10. The maximum Gasteiger partial charge on any atom is 0.223 e. The van der Waals surface area contributed by atoms with E-state index in [1.165, 1.54) is 16.1 Å². The van der Waals surface area contributed by atoms with E-state index in [-0.39, 0.29) is 5.91 Å². The largest absolute Gasteiger partial charge is 0.378 e. The van der Waals surface area contributed by atoms with Crippen molar-refractivity contribution in [1.29, 1.82) is 0 Å². The van der Waals surface area contributed by atoms with Crippen LogP contribution >= 0.6 is 11.3 Å². The molecule has 8 heteroatoms. The van der Waals surface area contributed by atoms with Gasteiger partial charge in [-0.15, -0.1) is 16.4 Å². The van der Waals surface area contributed by atoms with E-state index in [2.05, 4.69) is 33.6 Å². The number of morpholine rings is 1. The van der Waals surface area contributed by atoms with Gasteiger partial charge in [0.15, 0.2) is 0 Å². The molecule has 2 aromatic heterocycles. The Kier molecular flexibility index (Phi) is 5.33. The van der Waals surface area contributed by atoms with E-state index in [1.54, 1.807) is 0 Å². The predicted octanol–water partition coefficient (Wildman–Crippen LogP) is 1.46. The zero-order chi connectivity index (χ0) is 17.9. The molecule has 4 rings (SSSR count). The summed E-state index contributed by atoms with van der Waals surface area (Å²) in [6.45, 7) is 8.54. The van der Waals surface area contributed by atoms with E-state index in [0.29, 0.717) is 39.1 Å². The number of carbonyl (C=O) groups excluding carboxylic acids is 1. The van der Waals surface area contributed by atoms with Crippen LogP contribution in [0.5, 0.6) is 0 Å². The van der Waals surface area contributed by atoms with Crippen molar-refractivity contribution in [2.45, 2.75) is 39.4 Å². The van der Waals surface area contributed by atoms with Crippen LogP contribution in [0.3, 0.4) is 0 Å². The van der Waals surface area contributed by atoms with Gasteiger partial charge in [0, 0.05) is 50.4 Å². The second-order valence-corrected chi connectivity index (χ2v) is 7.94. The molecule has 0 unspecified atom stereocenters. The summed E-state index contributed by atoms with van der Waals surface area (Å²) in [5, 5.41) is 10.8. The van der Waals surface area contributed by atoms with Crippen LogP contribution in [0.1, 0.15) is 28.2 Å². The third-order valence-electron chi connectivity index (χ3n) is 5.19. The Bertz CT molecular complexity index is 765. The number of aryl methyl sites for hydroxylation is 2. The number of ether oxygens (including phenoxy) is 1. The molecule has 7 nitrogen and oxygen atoms in total. The molecular weight excluding hydrogens is 350 g/mol. The van der Waals surface area contributed by atoms with Crippen molar-refractivity contribution >= 4 is 17.2 Å². The van der Waals surface area contributed by atoms with Gasteiger partial charge in [0.25, 0.3) is 0 Å². The minimum absolute atomic E-state index is 0.192. The van der Waals surface area contributed by atoms with Crippen LogP contribution in [0.2, 0.25) is 0 Å². The molecule has 1 fully saturated rings. The summed E-state index contributed by atoms with van der Waals surface area (Å²) in [7, 11) is 0. The van der Waals surface area contributed by atoms with Crippen molar-refractivity contribution in [1.82, 2.24) is 24.8 Å². The highest BCUT2D eigenvalue weighted by atomic mass is 32.1. The van der Waals surface area contributed by atoms with Gasteiger partial charge in [0.1, 0.15) is 0 Å². The van der Waals surface area contributed by atoms with Gasteiger partial charge < -0.3 is 9.64 Å². The van der Waals surface area contributed by atoms with Crippen LogP contribution in [0.25, 0.3) is 0 Å². The highest BCUT2D eigenvalue weighted by Gasteiger charge is 2.24. The molecule has 0 saturated carbocycles. The van der Waals surface area contributed by atoms with Gasteiger partial charge in [-0.2, -0.15) is 0 Å². The van der Waals surface area contributed by atoms with Crippen LogP contribution in [0, 0.1) is 6.92 Å². The average Bonchev–Trinajstić information content (AvgIpc) is 3.26. The molecule has 26 heavy (non-hydrogen) atoms. The minimum atomic E-state index is 0.192. The Balaban J connectivity index is 1.37. The van der Waals surface area contributed by atoms with Crippen LogP contribution in [0.15, 0.2) is 11.4 Å². The van der Waals surface area contributed by atoms with E-state index in [0.717, 1.165) is 31.9 Å². The highest BCUT2D eigenvalue weighted by Crippen LogP contribution is 2.22. The Morgan fingerprint density at radius 2 is 2.12 bits per heavy atom. The van der Waals surface area contributed by atoms with Crippen LogP contribution in [-0.4, -0.2) is 63.5 Å². The Morgan fingerprint density at radius 3 is 2.88 bits per heavy atom. The van der Waals surface area contributed by atoms with Crippen molar-refractivity contribution in [3.63, 3.8) is 0 Å². The third kappa shape index (κ3) is 3.82. The molecule has 2 aliphatic heterocycles. The predicted molar refractivity (Wildman–Crippen MR) is 98.9 cm³/mol. The summed E-state index contributed by atoms with van der Waals surface area (Å²) >= 11 is 1.82. The number of amides is 1. The number of rotatable bonds is 5. The fourth-order valence-electron chi connectivity index (χ4n) is 3.54. The summed E-state index contributed by atoms with van der Waals surface area (Å²) < 4.78 is 7.32. The number of carbonyl (C=O) groups is 1. The second-order valence-electron chi connectivity index (χ2n) is 6.94. The Morgan fingerprint density at radius 1 is 1.27 bits per heavy atom. The number of hydrogen-bond donors (Lipinski definition) is 0. The number of aromatic nitrogens is 3. The van der Waals surface area contributed by atoms with Gasteiger partial charge >= 0.3 is 0 Å². The zero-order valence-electron chi connectivity index (χ0n) is 15.2. The monoisotopic (exact) mass is 375 g/mol. The summed E-state index contributed by atoms with van der Waals surface area (Å²) in [4.78, 5) is 18.2. The minimum Gasteiger partial charge on any atom is -0.378 e. The van der Waals surface area contributed by atoms with Crippen LogP contribution in [-0.2, 0) is 35.6 Å². The molecule has 0 atom stereocenters. The molecule has 0 aliphatic carbocycles. The normalized spacial score (nSPS) is 18.1. The maximum atomic E-state index is 12.4. The summed E-state index contributed by atoms with van der Waals surface area (Å²) in [6.07, 6.45) is 1.16. The number of thiophene rings is 1. The van der Waals surface area contributed by atoms with Gasteiger partial charge in [0.2, 0.25) is 5.91 Å². The van der Waals surface area contributed by atoms with Crippen LogP contribution < -0.4 is 0 Å². The molecule has 0 radical (unpaired) electrons. The lowest BCUT2D eigenvalue weighted by Crippen LogP contribution is -2.40. The quantitative estimate of drug-likeness (QED) is 0.792. The van der Waals surface area contributed by atoms with E-state index >= 15 is 0 Å². The molecular formula is C18H25N5O2S. The maximum absolute atomic E-state index is 12.4. The average molecular weight is 375 g/mol. The first kappa shape index (κ1) is 17.6. The van der Waals surface area contributed by atoms with Crippen LogP contribution in [0.4, 0.5) is 0 Å². The molecule has 1 amide bonds. The number of nitrogens with zero attached hydrogens (tertiary/aromatic N) is 5. The molecule has 140 valence electrons. The lowest BCUT2D eigenvalue weighted by atomic mass is 10.1. The van der Waals surface area contributed by atoms with Crippen molar-refractivity contribution in [3.8, 4) is 0 Å². The number of hydrogen-bond acceptors (Lipinski definition) is 6. The molecule has 2 aliphatic rings. The smallest absolute Gasteiger partial charge is 0.223 e. The molecule has 0 bridgehead atoms. The van der Waals surface area contributed by atoms with Gasteiger partial charge in [-0.3, -0.25) is 9.69 Å². The first-order chi connectivity index (χ1) is 12.7. The molecule has 0 aromatic carbocycles. The van der Waals surface area contributed by atoms with Gasteiger partial charge in [-0.05, 0) is 23.9 Å². The lowest BCUT2D eigenvalue weighted by molar-refractivity contribution is -0.135. The molecule has 2 aromatic rings. The van der Waals surface area contributed by atoms with Gasteiger partial charge in [0.05, 0.1) is 31.1 Å².